The molecule has 1 N–H and O–H groups in total. The van der Waals surface area contributed by atoms with Crippen molar-refractivity contribution in [1.29, 1.82) is 0 Å². The molecule has 0 amide bonds. The molecule has 0 fully saturated rings. The zero-order valence-electron chi connectivity index (χ0n) is 15.9. The lowest BCUT2D eigenvalue weighted by Crippen LogP contribution is -2.15. The van der Waals surface area contributed by atoms with Gasteiger partial charge in [0.05, 0.1) is 19.1 Å². The van der Waals surface area contributed by atoms with E-state index >= 15 is 0 Å². The van der Waals surface area contributed by atoms with Crippen LogP contribution in [-0.4, -0.2) is 37.9 Å². The van der Waals surface area contributed by atoms with E-state index in [0.29, 0.717) is 11.5 Å². The fourth-order valence-electron chi connectivity index (χ4n) is 1.97. The standard InChI is InChI=1S/C18H21N3O6S/c1-5-25-18(22)13(3)20-21-16-9-8-14(10-17(16)27-28(4,23)24)26-15-7-6-12(2)19-11-15/h6-11,21H,5H2,1-4H3/b20-13+. The van der Waals surface area contributed by atoms with Crippen molar-refractivity contribution in [3.05, 3.63) is 42.2 Å². The minimum absolute atomic E-state index is 0.0412. The highest BCUT2D eigenvalue weighted by molar-refractivity contribution is 7.86. The van der Waals surface area contributed by atoms with Crippen LogP contribution in [-0.2, 0) is 19.6 Å². The molecule has 150 valence electrons. The van der Waals surface area contributed by atoms with Crippen LogP contribution in [0.2, 0.25) is 0 Å². The maximum Gasteiger partial charge on any atom is 0.354 e. The second-order valence-electron chi connectivity index (χ2n) is 5.71. The van der Waals surface area contributed by atoms with Gasteiger partial charge in [0.25, 0.3) is 0 Å². The van der Waals surface area contributed by atoms with Crippen LogP contribution in [0.4, 0.5) is 5.69 Å². The molecule has 0 aliphatic rings. The maximum absolute atomic E-state index is 11.6. The van der Waals surface area contributed by atoms with Gasteiger partial charge in [-0.3, -0.25) is 10.4 Å². The summed E-state index contributed by atoms with van der Waals surface area (Å²) < 4.78 is 38.7. The van der Waals surface area contributed by atoms with E-state index < -0.39 is 16.1 Å². The van der Waals surface area contributed by atoms with Gasteiger partial charge < -0.3 is 13.7 Å². The predicted molar refractivity (Wildman–Crippen MR) is 104 cm³/mol. The number of nitrogens with zero attached hydrogens (tertiary/aromatic N) is 2. The third-order valence-electron chi connectivity index (χ3n) is 3.23. The number of ether oxygens (including phenoxy) is 2. The Morgan fingerprint density at radius 3 is 2.54 bits per heavy atom. The SMILES string of the molecule is CCOC(=O)/C(C)=N/Nc1ccc(Oc2ccc(C)nc2)cc1OS(C)(=O)=O. The monoisotopic (exact) mass is 407 g/mol. The molecular formula is C18H21N3O6S. The number of hydrogen-bond donors (Lipinski definition) is 1. The molecule has 0 unspecified atom stereocenters. The third-order valence-corrected chi connectivity index (χ3v) is 3.71. The van der Waals surface area contributed by atoms with E-state index in [-0.39, 0.29) is 23.8 Å². The molecule has 1 heterocycles. The predicted octanol–water partition coefficient (Wildman–Crippen LogP) is 2.87. The van der Waals surface area contributed by atoms with Crippen LogP contribution in [0.3, 0.4) is 0 Å². The van der Waals surface area contributed by atoms with Gasteiger partial charge in [0.15, 0.2) is 5.75 Å². The molecule has 9 nitrogen and oxygen atoms in total. The van der Waals surface area contributed by atoms with E-state index in [1.165, 1.54) is 19.1 Å². The number of nitrogens with one attached hydrogen (secondary N) is 1. The first-order chi connectivity index (χ1) is 13.2. The van der Waals surface area contributed by atoms with Crippen LogP contribution in [0.5, 0.6) is 17.2 Å². The molecule has 0 atom stereocenters. The van der Waals surface area contributed by atoms with Crippen molar-refractivity contribution in [3.63, 3.8) is 0 Å². The first-order valence-electron chi connectivity index (χ1n) is 8.29. The second-order valence-corrected chi connectivity index (χ2v) is 7.29. The molecule has 2 aromatic rings. The Morgan fingerprint density at radius 1 is 1.21 bits per heavy atom. The summed E-state index contributed by atoms with van der Waals surface area (Å²) in [5.74, 6) is 0.182. The zero-order valence-corrected chi connectivity index (χ0v) is 16.7. The van der Waals surface area contributed by atoms with E-state index in [9.17, 15) is 13.2 Å². The highest BCUT2D eigenvalue weighted by Gasteiger charge is 2.13. The van der Waals surface area contributed by atoms with Crippen LogP contribution >= 0.6 is 0 Å². The number of esters is 1. The Labute approximate surface area is 163 Å². The van der Waals surface area contributed by atoms with Gasteiger partial charge in [-0.2, -0.15) is 13.5 Å². The summed E-state index contributed by atoms with van der Waals surface area (Å²) in [6.45, 7) is 5.21. The highest BCUT2D eigenvalue weighted by Crippen LogP contribution is 2.32. The topological polar surface area (TPSA) is 116 Å². The van der Waals surface area contributed by atoms with Gasteiger partial charge in [0, 0.05) is 11.8 Å². The average Bonchev–Trinajstić information content (AvgIpc) is 2.61. The molecule has 0 aliphatic carbocycles. The summed E-state index contributed by atoms with van der Waals surface area (Å²) in [5.41, 5.74) is 3.73. The Balaban J connectivity index is 2.28. The number of carbonyl (C=O) groups is 1. The number of anilines is 1. The van der Waals surface area contributed by atoms with Gasteiger partial charge in [-0.1, -0.05) is 0 Å². The molecule has 10 heteroatoms. The van der Waals surface area contributed by atoms with Gasteiger partial charge >= 0.3 is 16.1 Å². The van der Waals surface area contributed by atoms with Gasteiger partial charge in [-0.05, 0) is 45.0 Å². The average molecular weight is 407 g/mol. The van der Waals surface area contributed by atoms with E-state index in [4.69, 9.17) is 13.7 Å². The van der Waals surface area contributed by atoms with Crippen LogP contribution in [0.1, 0.15) is 19.5 Å². The van der Waals surface area contributed by atoms with Gasteiger partial charge in [0.2, 0.25) is 0 Å². The Hall–Kier alpha value is -3.14. The smallest absolute Gasteiger partial charge is 0.354 e. The highest BCUT2D eigenvalue weighted by atomic mass is 32.2. The molecule has 1 aromatic heterocycles. The Bertz CT molecular complexity index is 971. The number of carbonyl (C=O) groups excluding carboxylic acids is 1. The molecule has 1 aromatic carbocycles. The van der Waals surface area contributed by atoms with Crippen molar-refractivity contribution >= 4 is 27.5 Å². The van der Waals surface area contributed by atoms with E-state index in [1.54, 1.807) is 31.3 Å². The van der Waals surface area contributed by atoms with Gasteiger partial charge in [0.1, 0.15) is 22.9 Å². The number of hydrogen-bond acceptors (Lipinski definition) is 9. The first-order valence-corrected chi connectivity index (χ1v) is 10.1. The minimum atomic E-state index is -3.81. The second kappa shape index (κ2) is 9.18. The molecule has 0 saturated carbocycles. The van der Waals surface area contributed by atoms with Gasteiger partial charge in [-0.15, -0.1) is 0 Å². The van der Waals surface area contributed by atoms with Crippen molar-refractivity contribution in [2.45, 2.75) is 20.8 Å². The lowest BCUT2D eigenvalue weighted by atomic mass is 10.3. The molecule has 0 spiro atoms. The summed E-state index contributed by atoms with van der Waals surface area (Å²) in [6, 6.07) is 8.01. The third kappa shape index (κ3) is 6.54. The first kappa shape index (κ1) is 21.2. The molecule has 0 radical (unpaired) electrons. The number of aromatic nitrogens is 1. The van der Waals surface area contributed by atoms with Crippen molar-refractivity contribution in [2.75, 3.05) is 18.3 Å². The van der Waals surface area contributed by atoms with Crippen molar-refractivity contribution < 1.29 is 26.9 Å². The molecule has 2 rings (SSSR count). The normalized spacial score (nSPS) is 11.6. The van der Waals surface area contributed by atoms with Crippen LogP contribution in [0.15, 0.2) is 41.6 Å². The Kier molecular flexibility index (Phi) is 6.94. The van der Waals surface area contributed by atoms with Crippen molar-refractivity contribution in [3.8, 4) is 17.2 Å². The largest absolute Gasteiger partial charge is 0.461 e. The summed E-state index contributed by atoms with van der Waals surface area (Å²) >= 11 is 0. The molecule has 0 bridgehead atoms. The minimum Gasteiger partial charge on any atom is -0.461 e. The van der Waals surface area contributed by atoms with Crippen LogP contribution in [0, 0.1) is 6.92 Å². The molecule has 28 heavy (non-hydrogen) atoms. The maximum atomic E-state index is 11.6. The number of aryl methyl sites for hydroxylation is 1. The fourth-order valence-corrected chi connectivity index (χ4v) is 2.43. The molecule has 0 saturated heterocycles. The molecule has 0 aliphatic heterocycles. The zero-order chi connectivity index (χ0) is 20.7. The quantitative estimate of drug-likeness (QED) is 0.307. The lowest BCUT2D eigenvalue weighted by Gasteiger charge is -2.12. The van der Waals surface area contributed by atoms with Gasteiger partial charge in [-0.25, -0.2) is 4.79 Å². The summed E-state index contributed by atoms with van der Waals surface area (Å²) in [7, 11) is -3.81. The summed E-state index contributed by atoms with van der Waals surface area (Å²) in [6.07, 6.45) is 2.47. The number of benzene rings is 1. The van der Waals surface area contributed by atoms with E-state index in [2.05, 4.69) is 15.5 Å². The number of hydrazone groups is 1. The van der Waals surface area contributed by atoms with E-state index in [0.717, 1.165) is 11.9 Å². The Morgan fingerprint density at radius 2 is 1.93 bits per heavy atom. The van der Waals surface area contributed by atoms with Crippen molar-refractivity contribution in [1.82, 2.24) is 4.98 Å². The summed E-state index contributed by atoms with van der Waals surface area (Å²) in [5, 5.41) is 3.89. The number of pyridine rings is 1. The lowest BCUT2D eigenvalue weighted by molar-refractivity contribution is -0.135. The van der Waals surface area contributed by atoms with E-state index in [1.807, 2.05) is 6.92 Å². The van der Waals surface area contributed by atoms with Crippen LogP contribution in [0.25, 0.3) is 0 Å². The molecular weight excluding hydrogens is 386 g/mol. The van der Waals surface area contributed by atoms with Crippen molar-refractivity contribution in [2.24, 2.45) is 5.10 Å². The fraction of sp³-hybridized carbons (Fsp3) is 0.278. The summed E-state index contributed by atoms with van der Waals surface area (Å²) in [4.78, 5) is 15.7. The number of rotatable bonds is 8. The van der Waals surface area contributed by atoms with Crippen LogP contribution < -0.4 is 14.3 Å².